The van der Waals surface area contributed by atoms with Gasteiger partial charge in [0.05, 0.1) is 15.1 Å². The van der Waals surface area contributed by atoms with E-state index in [1.165, 1.54) is 11.3 Å². The van der Waals surface area contributed by atoms with Crippen LogP contribution in [0.15, 0.2) is 64.6 Å². The van der Waals surface area contributed by atoms with Crippen LogP contribution in [0.25, 0.3) is 31.5 Å². The van der Waals surface area contributed by atoms with E-state index in [1.54, 1.807) is 23.6 Å². The number of thiophene rings is 1. The SMILES string of the molecule is O=C(CCc1nc(-c2cccs2)no1)Nc1ccc(-c2nc3ccccc3s2)cn1. The lowest BCUT2D eigenvalue weighted by Crippen LogP contribution is -2.13. The number of fused-ring (bicyclic) bond motifs is 1. The number of nitrogens with one attached hydrogen (secondary N) is 1. The summed E-state index contributed by atoms with van der Waals surface area (Å²) in [5.41, 5.74) is 1.89. The highest BCUT2D eigenvalue weighted by Gasteiger charge is 2.12. The van der Waals surface area contributed by atoms with Crippen LogP contribution in [0.3, 0.4) is 0 Å². The average molecular weight is 434 g/mol. The van der Waals surface area contributed by atoms with Gasteiger partial charge in [-0.2, -0.15) is 4.98 Å². The molecular weight excluding hydrogens is 418 g/mol. The van der Waals surface area contributed by atoms with E-state index < -0.39 is 0 Å². The third-order valence-corrected chi connectivity index (χ3v) is 6.30. The summed E-state index contributed by atoms with van der Waals surface area (Å²) in [4.78, 5) is 26.5. The lowest BCUT2D eigenvalue weighted by molar-refractivity contribution is -0.116. The van der Waals surface area contributed by atoms with Crippen molar-refractivity contribution in [3.63, 3.8) is 0 Å². The van der Waals surface area contributed by atoms with E-state index in [4.69, 9.17) is 4.52 Å². The minimum absolute atomic E-state index is 0.161. The zero-order valence-electron chi connectivity index (χ0n) is 15.6. The number of para-hydroxylation sites is 1. The van der Waals surface area contributed by atoms with Crippen LogP contribution in [0.1, 0.15) is 12.3 Å². The Morgan fingerprint density at radius 1 is 1.07 bits per heavy atom. The van der Waals surface area contributed by atoms with Gasteiger partial charge in [0, 0.05) is 24.6 Å². The maximum atomic E-state index is 12.2. The molecule has 1 N–H and O–H groups in total. The predicted octanol–water partition coefficient (Wildman–Crippen LogP) is 5.04. The van der Waals surface area contributed by atoms with Gasteiger partial charge < -0.3 is 9.84 Å². The Kier molecular flexibility index (Phi) is 5.04. The van der Waals surface area contributed by atoms with Crippen molar-refractivity contribution in [2.45, 2.75) is 12.8 Å². The van der Waals surface area contributed by atoms with Crippen LogP contribution < -0.4 is 5.32 Å². The number of nitrogens with zero attached hydrogens (tertiary/aromatic N) is 4. The van der Waals surface area contributed by atoms with Crippen LogP contribution >= 0.6 is 22.7 Å². The molecular formula is C21H15N5O2S2. The summed E-state index contributed by atoms with van der Waals surface area (Å²) in [6, 6.07) is 15.6. The Balaban J connectivity index is 1.19. The van der Waals surface area contributed by atoms with Crippen LogP contribution in [0.2, 0.25) is 0 Å². The normalized spacial score (nSPS) is 11.1. The van der Waals surface area contributed by atoms with Crippen LogP contribution in [0, 0.1) is 0 Å². The fourth-order valence-corrected chi connectivity index (χ4v) is 4.48. The summed E-state index contributed by atoms with van der Waals surface area (Å²) in [6.07, 6.45) is 2.32. The number of amides is 1. The molecule has 148 valence electrons. The molecule has 7 nitrogen and oxygen atoms in total. The van der Waals surface area contributed by atoms with Crippen molar-refractivity contribution in [3.8, 4) is 21.3 Å². The number of aryl methyl sites for hydroxylation is 1. The summed E-state index contributed by atoms with van der Waals surface area (Å²) < 4.78 is 6.36. The monoisotopic (exact) mass is 433 g/mol. The molecule has 0 spiro atoms. The summed E-state index contributed by atoms with van der Waals surface area (Å²) in [5.74, 6) is 1.32. The quantitative estimate of drug-likeness (QED) is 0.403. The fourth-order valence-electron chi connectivity index (χ4n) is 2.88. The largest absolute Gasteiger partial charge is 0.339 e. The van der Waals surface area contributed by atoms with Crippen molar-refractivity contribution in [1.29, 1.82) is 0 Å². The lowest BCUT2D eigenvalue weighted by atomic mass is 10.2. The van der Waals surface area contributed by atoms with Gasteiger partial charge in [-0.15, -0.1) is 22.7 Å². The predicted molar refractivity (Wildman–Crippen MR) is 117 cm³/mol. The first-order chi connectivity index (χ1) is 14.7. The summed E-state index contributed by atoms with van der Waals surface area (Å²) >= 11 is 3.16. The highest BCUT2D eigenvalue weighted by Crippen LogP contribution is 2.29. The molecule has 0 fully saturated rings. The number of carbonyl (C=O) groups is 1. The number of rotatable bonds is 6. The molecule has 30 heavy (non-hydrogen) atoms. The second-order valence-corrected chi connectivity index (χ2v) is 8.43. The van der Waals surface area contributed by atoms with Gasteiger partial charge >= 0.3 is 0 Å². The number of benzene rings is 1. The number of thiazole rings is 1. The van der Waals surface area contributed by atoms with Gasteiger partial charge in [0.2, 0.25) is 17.6 Å². The molecule has 0 radical (unpaired) electrons. The van der Waals surface area contributed by atoms with Gasteiger partial charge in [0.25, 0.3) is 0 Å². The maximum absolute atomic E-state index is 12.2. The second-order valence-electron chi connectivity index (χ2n) is 6.46. The number of hydrogen-bond donors (Lipinski definition) is 1. The first-order valence-corrected chi connectivity index (χ1v) is 10.9. The van der Waals surface area contributed by atoms with E-state index in [2.05, 4.69) is 25.4 Å². The highest BCUT2D eigenvalue weighted by molar-refractivity contribution is 7.21. The zero-order chi connectivity index (χ0) is 20.3. The number of aromatic nitrogens is 4. The third kappa shape index (κ3) is 3.98. The molecule has 5 rings (SSSR count). The first-order valence-electron chi connectivity index (χ1n) is 9.23. The zero-order valence-corrected chi connectivity index (χ0v) is 17.2. The molecule has 5 aromatic rings. The van der Waals surface area contributed by atoms with Gasteiger partial charge in [-0.05, 0) is 35.7 Å². The van der Waals surface area contributed by atoms with Crippen LogP contribution in [0.4, 0.5) is 5.82 Å². The summed E-state index contributed by atoms with van der Waals surface area (Å²) in [7, 11) is 0. The van der Waals surface area contributed by atoms with Crippen molar-refractivity contribution in [2.24, 2.45) is 0 Å². The van der Waals surface area contributed by atoms with Crippen molar-refractivity contribution < 1.29 is 9.32 Å². The average Bonchev–Trinajstić information content (AvgIpc) is 3.53. The van der Waals surface area contributed by atoms with Crippen molar-refractivity contribution >= 4 is 44.6 Å². The number of hydrogen-bond acceptors (Lipinski definition) is 8. The van der Waals surface area contributed by atoms with Gasteiger partial charge in [0.15, 0.2) is 0 Å². The first kappa shape index (κ1) is 18.6. The van der Waals surface area contributed by atoms with Crippen LogP contribution in [-0.4, -0.2) is 26.0 Å². The summed E-state index contributed by atoms with van der Waals surface area (Å²) in [5, 5.41) is 9.60. The van der Waals surface area contributed by atoms with E-state index in [1.807, 2.05) is 47.8 Å². The highest BCUT2D eigenvalue weighted by atomic mass is 32.1. The Morgan fingerprint density at radius 2 is 2.00 bits per heavy atom. The number of anilines is 1. The van der Waals surface area contributed by atoms with Crippen LogP contribution in [0.5, 0.6) is 0 Å². The van der Waals surface area contributed by atoms with Crippen molar-refractivity contribution in [3.05, 3.63) is 66.0 Å². The topological polar surface area (TPSA) is 93.8 Å². The molecule has 0 saturated carbocycles. The van der Waals surface area contributed by atoms with E-state index >= 15 is 0 Å². The minimum Gasteiger partial charge on any atom is -0.339 e. The molecule has 0 saturated heterocycles. The number of carbonyl (C=O) groups excluding carboxylic acids is 1. The van der Waals surface area contributed by atoms with Crippen molar-refractivity contribution in [1.82, 2.24) is 20.1 Å². The second kappa shape index (κ2) is 8.13. The molecule has 1 aromatic carbocycles. The Hall–Kier alpha value is -3.43. The van der Waals surface area contributed by atoms with E-state index in [0.717, 1.165) is 25.7 Å². The molecule has 0 aliphatic carbocycles. The molecule has 0 bridgehead atoms. The van der Waals surface area contributed by atoms with Gasteiger partial charge in [-0.3, -0.25) is 4.79 Å². The van der Waals surface area contributed by atoms with Gasteiger partial charge in [0.1, 0.15) is 10.8 Å². The standard InChI is InChI=1S/C21H15N5O2S2/c27-18(9-10-19-25-20(26-28-19)16-6-3-11-29-16)24-17-8-7-13(12-22-17)21-23-14-4-1-2-5-15(14)30-21/h1-8,11-12H,9-10H2,(H,22,24,27). The smallest absolute Gasteiger partial charge is 0.227 e. The molecule has 0 aliphatic heterocycles. The maximum Gasteiger partial charge on any atom is 0.227 e. The van der Waals surface area contributed by atoms with Gasteiger partial charge in [-0.1, -0.05) is 23.4 Å². The fraction of sp³-hybridized carbons (Fsp3) is 0.0952. The molecule has 0 atom stereocenters. The third-order valence-electron chi connectivity index (χ3n) is 4.35. The minimum atomic E-state index is -0.161. The van der Waals surface area contributed by atoms with Crippen LogP contribution in [-0.2, 0) is 11.2 Å². The molecule has 1 amide bonds. The summed E-state index contributed by atoms with van der Waals surface area (Å²) in [6.45, 7) is 0. The molecule has 9 heteroatoms. The molecule has 0 unspecified atom stereocenters. The van der Waals surface area contributed by atoms with E-state index in [-0.39, 0.29) is 12.3 Å². The Labute approximate surface area is 179 Å². The Bertz CT molecular complexity index is 1260. The lowest BCUT2D eigenvalue weighted by Gasteiger charge is -2.04. The number of pyridine rings is 1. The van der Waals surface area contributed by atoms with Crippen molar-refractivity contribution in [2.75, 3.05) is 5.32 Å². The molecule has 4 aromatic heterocycles. The van der Waals surface area contributed by atoms with E-state index in [0.29, 0.717) is 24.0 Å². The molecule has 4 heterocycles. The van der Waals surface area contributed by atoms with Gasteiger partial charge in [-0.25, -0.2) is 9.97 Å². The molecule has 0 aliphatic rings. The van der Waals surface area contributed by atoms with E-state index in [9.17, 15) is 4.79 Å². The Morgan fingerprint density at radius 3 is 2.80 bits per heavy atom.